The molecule has 0 aromatic heterocycles. The third kappa shape index (κ3) is 1.49. The van der Waals surface area contributed by atoms with Gasteiger partial charge in [0.15, 0.2) is 0 Å². The van der Waals surface area contributed by atoms with Crippen LogP contribution in [0.1, 0.15) is 41.4 Å². The molecule has 0 unspecified atom stereocenters. The molecule has 0 spiro atoms. The van der Waals surface area contributed by atoms with Crippen LogP contribution in [0.4, 0.5) is 5.69 Å². The Labute approximate surface area is 124 Å². The first kappa shape index (κ1) is 12.5. The second kappa shape index (κ2) is 4.11. The van der Waals surface area contributed by atoms with Crippen LogP contribution in [0.15, 0.2) is 42.5 Å². The third-order valence-electron chi connectivity index (χ3n) is 3.77. The van der Waals surface area contributed by atoms with Crippen molar-refractivity contribution in [3.63, 3.8) is 0 Å². The number of amides is 4. The predicted molar refractivity (Wildman–Crippen MR) is 75.8 cm³/mol. The molecule has 0 radical (unpaired) electrons. The summed E-state index contributed by atoms with van der Waals surface area (Å²) in [6.07, 6.45) is 0. The second-order valence-corrected chi connectivity index (χ2v) is 5.00. The molecule has 6 nitrogen and oxygen atoms in total. The Hall–Kier alpha value is -3.28. The van der Waals surface area contributed by atoms with Crippen molar-refractivity contribution in [1.82, 2.24) is 5.32 Å². The van der Waals surface area contributed by atoms with E-state index in [2.05, 4.69) is 5.32 Å². The van der Waals surface area contributed by atoms with Gasteiger partial charge in [-0.3, -0.25) is 24.5 Å². The zero-order valence-electron chi connectivity index (χ0n) is 11.1. The van der Waals surface area contributed by atoms with E-state index >= 15 is 0 Å². The Morgan fingerprint density at radius 3 is 1.91 bits per heavy atom. The van der Waals surface area contributed by atoms with E-state index in [-0.39, 0.29) is 16.8 Å². The highest BCUT2D eigenvalue weighted by Gasteiger charge is 2.37. The Kier molecular flexibility index (Phi) is 2.33. The summed E-state index contributed by atoms with van der Waals surface area (Å²) in [6.45, 7) is 0. The maximum absolute atomic E-state index is 12.4. The monoisotopic (exact) mass is 292 g/mol. The molecule has 2 aromatic carbocycles. The maximum Gasteiger partial charge on any atom is 0.266 e. The first-order valence-corrected chi connectivity index (χ1v) is 6.55. The number of nitrogens with zero attached hydrogens (tertiary/aromatic N) is 1. The van der Waals surface area contributed by atoms with Gasteiger partial charge in [0, 0.05) is 0 Å². The lowest BCUT2D eigenvalue weighted by molar-refractivity contribution is 0.0873. The smallest absolute Gasteiger partial charge is 0.266 e. The summed E-state index contributed by atoms with van der Waals surface area (Å²) >= 11 is 0. The van der Waals surface area contributed by atoms with Crippen molar-refractivity contribution in [2.75, 3.05) is 4.90 Å². The molecule has 0 saturated carbocycles. The molecule has 2 aliphatic rings. The summed E-state index contributed by atoms with van der Waals surface area (Å²) in [4.78, 5) is 49.0. The van der Waals surface area contributed by atoms with E-state index in [0.29, 0.717) is 11.1 Å². The number of hydrogen-bond donors (Lipinski definition) is 1. The van der Waals surface area contributed by atoms with Gasteiger partial charge in [-0.2, -0.15) is 0 Å². The first-order valence-electron chi connectivity index (χ1n) is 6.55. The van der Waals surface area contributed by atoms with Crippen LogP contribution in [0.25, 0.3) is 0 Å². The molecule has 6 heteroatoms. The zero-order valence-corrected chi connectivity index (χ0v) is 11.1. The maximum atomic E-state index is 12.4. The number of fused-ring (bicyclic) bond motifs is 2. The molecule has 106 valence electrons. The summed E-state index contributed by atoms with van der Waals surface area (Å²) in [5, 5.41) is 2.17. The van der Waals surface area contributed by atoms with Crippen LogP contribution < -0.4 is 10.2 Å². The molecular weight excluding hydrogens is 284 g/mol. The van der Waals surface area contributed by atoms with E-state index in [1.165, 1.54) is 18.2 Å². The molecule has 2 aliphatic heterocycles. The van der Waals surface area contributed by atoms with Crippen LogP contribution >= 0.6 is 0 Å². The average molecular weight is 292 g/mol. The second-order valence-electron chi connectivity index (χ2n) is 5.00. The van der Waals surface area contributed by atoms with Crippen LogP contribution in [0.3, 0.4) is 0 Å². The van der Waals surface area contributed by atoms with Gasteiger partial charge in [-0.1, -0.05) is 12.1 Å². The van der Waals surface area contributed by atoms with E-state index in [1.807, 2.05) is 0 Å². The number of benzene rings is 2. The highest BCUT2D eigenvalue weighted by molar-refractivity contribution is 6.34. The van der Waals surface area contributed by atoms with Gasteiger partial charge in [-0.15, -0.1) is 0 Å². The van der Waals surface area contributed by atoms with Crippen LogP contribution in [-0.2, 0) is 0 Å². The summed E-state index contributed by atoms with van der Waals surface area (Å²) in [5.41, 5.74) is 1.33. The summed E-state index contributed by atoms with van der Waals surface area (Å²) < 4.78 is 0. The number of carbonyl (C=O) groups is 4. The molecule has 4 amide bonds. The number of imide groups is 2. The molecule has 0 aliphatic carbocycles. The van der Waals surface area contributed by atoms with Crippen molar-refractivity contribution in [2.24, 2.45) is 0 Å². The predicted octanol–water partition coefficient (Wildman–Crippen LogP) is 1.37. The highest BCUT2D eigenvalue weighted by Crippen LogP contribution is 2.30. The van der Waals surface area contributed by atoms with E-state index in [0.717, 1.165) is 4.90 Å². The number of carbonyl (C=O) groups excluding carboxylic acids is 4. The SMILES string of the molecule is O=C1NC(=O)c2cc(N3C(=O)c4ccccc4C3=O)ccc21. The minimum Gasteiger partial charge on any atom is -0.288 e. The number of hydrogen-bond acceptors (Lipinski definition) is 4. The molecule has 4 rings (SSSR count). The van der Waals surface area contributed by atoms with Crippen molar-refractivity contribution in [1.29, 1.82) is 0 Å². The quantitative estimate of drug-likeness (QED) is 0.805. The molecule has 2 heterocycles. The Morgan fingerprint density at radius 1 is 0.682 bits per heavy atom. The van der Waals surface area contributed by atoms with Crippen molar-refractivity contribution >= 4 is 29.3 Å². The van der Waals surface area contributed by atoms with Crippen molar-refractivity contribution in [2.45, 2.75) is 0 Å². The number of rotatable bonds is 1. The molecule has 2 aromatic rings. The normalized spacial score (nSPS) is 15.9. The van der Waals surface area contributed by atoms with Gasteiger partial charge in [0.1, 0.15) is 0 Å². The van der Waals surface area contributed by atoms with Gasteiger partial charge in [-0.05, 0) is 30.3 Å². The highest BCUT2D eigenvalue weighted by atomic mass is 16.2. The molecule has 22 heavy (non-hydrogen) atoms. The summed E-state index contributed by atoms with van der Waals surface area (Å²) in [6, 6.07) is 10.8. The minimum absolute atomic E-state index is 0.166. The van der Waals surface area contributed by atoms with Gasteiger partial charge in [0.25, 0.3) is 23.6 Å². The van der Waals surface area contributed by atoms with Crippen molar-refractivity contribution < 1.29 is 19.2 Å². The fourth-order valence-corrected chi connectivity index (χ4v) is 2.72. The number of nitrogens with one attached hydrogen (secondary N) is 1. The standard InChI is InChI=1S/C16H8N2O4/c19-13-9-6-5-8(7-12(9)14(20)17-13)18-15(21)10-3-1-2-4-11(10)16(18)22/h1-7H,(H,17,19,20). The molecule has 0 fully saturated rings. The van der Waals surface area contributed by atoms with Crippen LogP contribution in [0, 0.1) is 0 Å². The summed E-state index contributed by atoms with van der Waals surface area (Å²) in [5.74, 6) is -1.89. The fraction of sp³-hybridized carbons (Fsp3) is 0. The van der Waals surface area contributed by atoms with Gasteiger partial charge < -0.3 is 0 Å². The van der Waals surface area contributed by atoms with Crippen molar-refractivity contribution in [3.05, 3.63) is 64.7 Å². The van der Waals surface area contributed by atoms with Crippen LogP contribution in [0.5, 0.6) is 0 Å². The molecule has 1 N–H and O–H groups in total. The van der Waals surface area contributed by atoms with Gasteiger partial charge in [-0.25, -0.2) is 4.90 Å². The van der Waals surface area contributed by atoms with E-state index in [1.54, 1.807) is 24.3 Å². The van der Waals surface area contributed by atoms with Gasteiger partial charge >= 0.3 is 0 Å². The van der Waals surface area contributed by atoms with E-state index < -0.39 is 23.6 Å². The molecule has 0 atom stereocenters. The lowest BCUT2D eigenvalue weighted by Gasteiger charge is -2.14. The lowest BCUT2D eigenvalue weighted by atomic mass is 10.1. The van der Waals surface area contributed by atoms with Crippen LogP contribution in [0.2, 0.25) is 0 Å². The first-order chi connectivity index (χ1) is 10.6. The van der Waals surface area contributed by atoms with Crippen LogP contribution in [-0.4, -0.2) is 23.6 Å². The lowest BCUT2D eigenvalue weighted by Crippen LogP contribution is -2.29. The minimum atomic E-state index is -0.529. The van der Waals surface area contributed by atoms with Crippen molar-refractivity contribution in [3.8, 4) is 0 Å². The Morgan fingerprint density at radius 2 is 1.27 bits per heavy atom. The molecule has 0 saturated heterocycles. The topological polar surface area (TPSA) is 83.6 Å². The van der Waals surface area contributed by atoms with E-state index in [9.17, 15) is 19.2 Å². The average Bonchev–Trinajstić information content (AvgIpc) is 2.95. The fourth-order valence-electron chi connectivity index (χ4n) is 2.72. The zero-order chi connectivity index (χ0) is 15.4. The Bertz CT molecular complexity index is 866. The van der Waals surface area contributed by atoms with E-state index in [4.69, 9.17) is 0 Å². The van der Waals surface area contributed by atoms with Gasteiger partial charge in [0.2, 0.25) is 0 Å². The summed E-state index contributed by atoms with van der Waals surface area (Å²) in [7, 11) is 0. The largest absolute Gasteiger partial charge is 0.288 e. The van der Waals surface area contributed by atoms with Gasteiger partial charge in [0.05, 0.1) is 27.9 Å². The molecular formula is C16H8N2O4. The third-order valence-corrected chi connectivity index (χ3v) is 3.77. The number of anilines is 1. The Balaban J connectivity index is 1.84. The molecule has 0 bridgehead atoms.